The molecule has 0 bridgehead atoms. The number of hydrogen-bond acceptors (Lipinski definition) is 6. The van der Waals surface area contributed by atoms with Gasteiger partial charge in [-0.2, -0.15) is 9.50 Å². The Morgan fingerprint density at radius 3 is 2.77 bits per heavy atom. The number of aryl methyl sites for hydroxylation is 2. The lowest BCUT2D eigenvalue weighted by Crippen LogP contribution is -2.25. The third-order valence-corrected chi connectivity index (χ3v) is 4.13. The van der Waals surface area contributed by atoms with Crippen LogP contribution in [0.1, 0.15) is 29.3 Å². The van der Waals surface area contributed by atoms with Crippen LogP contribution in [0.4, 0.5) is 5.95 Å². The van der Waals surface area contributed by atoms with Crippen molar-refractivity contribution < 1.29 is 9.53 Å². The fourth-order valence-electron chi connectivity index (χ4n) is 2.68. The highest BCUT2D eigenvalue weighted by Crippen LogP contribution is 2.10. The van der Waals surface area contributed by atoms with Gasteiger partial charge in [0.2, 0.25) is 5.95 Å². The van der Waals surface area contributed by atoms with Gasteiger partial charge in [-0.1, -0.05) is 24.3 Å². The first-order valence-corrected chi connectivity index (χ1v) is 8.41. The first-order valence-electron chi connectivity index (χ1n) is 8.41. The fraction of sp³-hybridized carbons (Fsp3) is 0.333. The minimum atomic E-state index is -0.452. The lowest BCUT2D eigenvalue weighted by molar-refractivity contribution is -0.142. The second-order valence-electron chi connectivity index (χ2n) is 5.95. The van der Waals surface area contributed by atoms with Gasteiger partial charge >= 0.3 is 5.97 Å². The van der Waals surface area contributed by atoms with Gasteiger partial charge in [-0.05, 0) is 31.9 Å². The maximum absolute atomic E-state index is 12.6. The Morgan fingerprint density at radius 2 is 2.04 bits per heavy atom. The van der Waals surface area contributed by atoms with Crippen LogP contribution in [0.3, 0.4) is 0 Å². The van der Waals surface area contributed by atoms with Crippen molar-refractivity contribution in [3.8, 4) is 0 Å². The minimum Gasteiger partial charge on any atom is -0.466 e. The van der Waals surface area contributed by atoms with Gasteiger partial charge in [-0.15, -0.1) is 0 Å². The zero-order valence-electron chi connectivity index (χ0n) is 15.0. The second-order valence-corrected chi connectivity index (χ2v) is 5.95. The number of nitrogens with one attached hydrogen (secondary N) is 2. The quantitative estimate of drug-likeness (QED) is 0.653. The molecule has 0 aliphatic heterocycles. The summed E-state index contributed by atoms with van der Waals surface area (Å²) < 4.78 is 6.16. The molecule has 0 fully saturated rings. The Morgan fingerprint density at radius 1 is 1.27 bits per heavy atom. The molecule has 0 saturated heterocycles. The summed E-state index contributed by atoms with van der Waals surface area (Å²) in [6.07, 6.45) is -0.112. The van der Waals surface area contributed by atoms with Crippen molar-refractivity contribution in [3.05, 3.63) is 57.0 Å². The molecular weight excluding hydrogens is 334 g/mol. The average molecular weight is 355 g/mol. The summed E-state index contributed by atoms with van der Waals surface area (Å²) >= 11 is 0. The molecule has 0 unspecified atom stereocenters. The summed E-state index contributed by atoms with van der Waals surface area (Å²) in [6, 6.07) is 8.01. The standard InChI is InChI=1S/C18H21N5O3/c1-4-26-15(24)9-14-12(3)20-18-21-17(22-23(18)16(14)25)19-10-13-8-6-5-7-11(13)2/h5-8H,4,9-10H2,1-3H3,(H2,19,20,21,22). The molecule has 0 radical (unpaired) electrons. The Kier molecular flexibility index (Phi) is 5.01. The van der Waals surface area contributed by atoms with Gasteiger partial charge in [-0.3, -0.25) is 14.7 Å². The highest BCUT2D eigenvalue weighted by Gasteiger charge is 2.16. The van der Waals surface area contributed by atoms with Crippen molar-refractivity contribution in [3.63, 3.8) is 0 Å². The van der Waals surface area contributed by atoms with E-state index in [1.54, 1.807) is 13.8 Å². The van der Waals surface area contributed by atoms with Crippen molar-refractivity contribution in [1.29, 1.82) is 0 Å². The summed E-state index contributed by atoms with van der Waals surface area (Å²) in [5.74, 6) is 0.241. The number of carbonyl (C=O) groups excluding carboxylic acids is 1. The van der Waals surface area contributed by atoms with Crippen molar-refractivity contribution in [1.82, 2.24) is 19.6 Å². The normalized spacial score (nSPS) is 10.9. The number of ether oxygens (including phenoxy) is 1. The van der Waals surface area contributed by atoms with E-state index in [1.807, 2.05) is 31.2 Å². The van der Waals surface area contributed by atoms with Gasteiger partial charge in [0.05, 0.1) is 24.3 Å². The van der Waals surface area contributed by atoms with Crippen LogP contribution in [0.25, 0.3) is 5.78 Å². The lowest BCUT2D eigenvalue weighted by atomic mass is 10.1. The average Bonchev–Trinajstić information content (AvgIpc) is 3.01. The van der Waals surface area contributed by atoms with Crippen molar-refractivity contribution >= 4 is 17.7 Å². The van der Waals surface area contributed by atoms with Crippen molar-refractivity contribution in [2.75, 3.05) is 11.9 Å². The molecule has 1 aromatic carbocycles. The van der Waals surface area contributed by atoms with E-state index in [0.717, 1.165) is 5.56 Å². The van der Waals surface area contributed by atoms with Crippen LogP contribution in [-0.2, 0) is 22.5 Å². The summed E-state index contributed by atoms with van der Waals surface area (Å²) in [5, 5.41) is 6.05. The number of anilines is 1. The van der Waals surface area contributed by atoms with Gasteiger partial charge in [0.25, 0.3) is 11.3 Å². The molecular formula is C18H21N5O3. The molecule has 136 valence electrons. The fourth-order valence-corrected chi connectivity index (χ4v) is 2.68. The largest absolute Gasteiger partial charge is 0.466 e. The van der Waals surface area contributed by atoms with Crippen LogP contribution in [0.15, 0.2) is 29.1 Å². The predicted molar refractivity (Wildman–Crippen MR) is 97.2 cm³/mol. The van der Waals surface area contributed by atoms with E-state index in [4.69, 9.17) is 4.74 Å². The van der Waals surface area contributed by atoms with Crippen LogP contribution in [-0.4, -0.2) is 32.2 Å². The monoisotopic (exact) mass is 355 g/mol. The Labute approximate surface area is 150 Å². The maximum Gasteiger partial charge on any atom is 0.310 e. The number of H-pyrrole nitrogens is 1. The number of aromatic nitrogens is 4. The van der Waals surface area contributed by atoms with Crippen molar-refractivity contribution in [2.24, 2.45) is 0 Å². The maximum atomic E-state index is 12.6. The summed E-state index contributed by atoms with van der Waals surface area (Å²) in [6.45, 7) is 6.28. The number of benzene rings is 1. The zero-order valence-corrected chi connectivity index (χ0v) is 15.0. The Balaban J connectivity index is 1.86. The molecule has 0 spiro atoms. The van der Waals surface area contributed by atoms with E-state index in [2.05, 4.69) is 20.4 Å². The van der Waals surface area contributed by atoms with Crippen LogP contribution in [0.5, 0.6) is 0 Å². The van der Waals surface area contributed by atoms with E-state index in [0.29, 0.717) is 23.8 Å². The van der Waals surface area contributed by atoms with E-state index in [9.17, 15) is 9.59 Å². The molecule has 2 aromatic heterocycles. The molecule has 2 N–H and O–H groups in total. The molecule has 0 atom stereocenters. The zero-order chi connectivity index (χ0) is 18.7. The SMILES string of the molecule is CCOC(=O)Cc1c(C)nc2nc(NCc3ccccc3C)[nH]n2c1=O. The molecule has 3 rings (SSSR count). The first-order chi connectivity index (χ1) is 12.5. The van der Waals surface area contributed by atoms with E-state index in [-0.39, 0.29) is 24.4 Å². The van der Waals surface area contributed by atoms with Gasteiger partial charge in [0, 0.05) is 6.54 Å². The molecule has 8 nitrogen and oxygen atoms in total. The number of esters is 1. The summed E-state index contributed by atoms with van der Waals surface area (Å²) in [4.78, 5) is 33.0. The number of hydrogen-bond donors (Lipinski definition) is 2. The highest BCUT2D eigenvalue weighted by atomic mass is 16.5. The number of nitrogens with zero attached hydrogens (tertiary/aromatic N) is 3. The molecule has 0 saturated carbocycles. The smallest absolute Gasteiger partial charge is 0.310 e. The summed E-state index contributed by atoms with van der Waals surface area (Å²) in [5.41, 5.74) is 2.72. The number of aromatic amines is 1. The molecule has 0 aliphatic rings. The molecule has 0 amide bonds. The van der Waals surface area contributed by atoms with Crippen molar-refractivity contribution in [2.45, 2.75) is 33.7 Å². The van der Waals surface area contributed by atoms with Gasteiger partial charge in [0.15, 0.2) is 0 Å². The van der Waals surface area contributed by atoms with Crippen LogP contribution < -0.4 is 10.9 Å². The highest BCUT2D eigenvalue weighted by molar-refractivity contribution is 5.72. The van der Waals surface area contributed by atoms with Crippen LogP contribution in [0, 0.1) is 13.8 Å². The number of rotatable bonds is 6. The molecule has 2 heterocycles. The first kappa shape index (κ1) is 17.7. The third kappa shape index (κ3) is 3.58. The van der Waals surface area contributed by atoms with E-state index >= 15 is 0 Å². The lowest BCUT2D eigenvalue weighted by Gasteiger charge is -2.05. The Hall–Kier alpha value is -3.16. The molecule has 0 aliphatic carbocycles. The van der Waals surface area contributed by atoms with E-state index < -0.39 is 5.97 Å². The van der Waals surface area contributed by atoms with Gasteiger partial charge < -0.3 is 10.1 Å². The predicted octanol–water partition coefficient (Wildman–Crippen LogP) is 1.75. The van der Waals surface area contributed by atoms with Crippen LogP contribution in [0.2, 0.25) is 0 Å². The molecule has 3 aromatic rings. The molecule has 8 heteroatoms. The topological polar surface area (TPSA) is 101 Å². The minimum absolute atomic E-state index is 0.112. The van der Waals surface area contributed by atoms with Gasteiger partial charge in [-0.25, -0.2) is 4.98 Å². The molecule has 26 heavy (non-hydrogen) atoms. The van der Waals surface area contributed by atoms with E-state index in [1.165, 1.54) is 10.1 Å². The Bertz CT molecular complexity index is 1010. The van der Waals surface area contributed by atoms with Crippen LogP contribution >= 0.6 is 0 Å². The third-order valence-electron chi connectivity index (χ3n) is 4.13. The number of fused-ring (bicyclic) bond motifs is 1. The summed E-state index contributed by atoms with van der Waals surface area (Å²) in [7, 11) is 0. The van der Waals surface area contributed by atoms with Gasteiger partial charge in [0.1, 0.15) is 0 Å². The second kappa shape index (κ2) is 7.38. The number of carbonyl (C=O) groups is 1.